The molecule has 2 N–H and O–H groups in total. The molecule has 6 nitrogen and oxygen atoms in total. The van der Waals surface area contributed by atoms with Gasteiger partial charge in [-0.1, -0.05) is 24.3 Å². The molecule has 3 aromatic rings. The van der Waals surface area contributed by atoms with Gasteiger partial charge in [-0.15, -0.1) is 0 Å². The van der Waals surface area contributed by atoms with Crippen LogP contribution in [0.5, 0.6) is 0 Å². The molecule has 4 rings (SSSR count). The van der Waals surface area contributed by atoms with Crippen LogP contribution in [-0.4, -0.2) is 31.7 Å². The highest BCUT2D eigenvalue weighted by molar-refractivity contribution is 7.89. The van der Waals surface area contributed by atoms with Crippen molar-refractivity contribution in [2.45, 2.75) is 24.7 Å². The van der Waals surface area contributed by atoms with Crippen LogP contribution in [0.2, 0.25) is 0 Å². The third-order valence-electron chi connectivity index (χ3n) is 5.36. The van der Waals surface area contributed by atoms with Gasteiger partial charge in [-0.25, -0.2) is 8.42 Å². The maximum absolute atomic E-state index is 12.9. The van der Waals surface area contributed by atoms with Crippen LogP contribution >= 0.6 is 0 Å². The Bertz CT molecular complexity index is 1170. The SMILES string of the molecule is Cc1ccc(S(=O)(=O)N2CCCC2)cc1C(=O)Nc1ccc(Nc2ccccc2)cc1. The molecule has 0 saturated carbocycles. The molecular weight excluding hydrogens is 410 g/mol. The maximum atomic E-state index is 12.9. The summed E-state index contributed by atoms with van der Waals surface area (Å²) in [6, 6.07) is 21.9. The van der Waals surface area contributed by atoms with Gasteiger partial charge in [-0.05, 0) is 73.9 Å². The second-order valence-electron chi connectivity index (χ2n) is 7.61. The van der Waals surface area contributed by atoms with E-state index in [-0.39, 0.29) is 10.8 Å². The average Bonchev–Trinajstić information content (AvgIpc) is 3.32. The number of anilines is 3. The van der Waals surface area contributed by atoms with Crippen LogP contribution in [0.3, 0.4) is 0 Å². The summed E-state index contributed by atoms with van der Waals surface area (Å²) < 4.78 is 27.2. The second kappa shape index (κ2) is 8.91. The standard InChI is InChI=1S/C24H25N3O3S/c1-18-9-14-22(31(29,30)27-15-5-6-16-27)17-23(18)24(28)26-21-12-10-20(11-13-21)25-19-7-3-2-4-8-19/h2-4,7-14,17,25H,5-6,15-16H2,1H3,(H,26,28). The minimum Gasteiger partial charge on any atom is -0.356 e. The van der Waals surface area contributed by atoms with Crippen LogP contribution in [0, 0.1) is 6.92 Å². The molecule has 0 spiro atoms. The fourth-order valence-corrected chi connectivity index (χ4v) is 5.15. The molecule has 1 fully saturated rings. The molecule has 7 heteroatoms. The molecule has 0 aliphatic carbocycles. The fourth-order valence-electron chi connectivity index (χ4n) is 3.61. The molecule has 0 atom stereocenters. The van der Waals surface area contributed by atoms with Crippen molar-refractivity contribution in [3.8, 4) is 0 Å². The topological polar surface area (TPSA) is 78.5 Å². The van der Waals surface area contributed by atoms with E-state index in [4.69, 9.17) is 0 Å². The van der Waals surface area contributed by atoms with Gasteiger partial charge in [0.25, 0.3) is 5.91 Å². The molecule has 0 bridgehead atoms. The van der Waals surface area contributed by atoms with Gasteiger partial charge in [-0.3, -0.25) is 4.79 Å². The second-order valence-corrected chi connectivity index (χ2v) is 9.55. The Morgan fingerprint density at radius 2 is 1.45 bits per heavy atom. The van der Waals surface area contributed by atoms with Crippen LogP contribution < -0.4 is 10.6 Å². The number of aryl methyl sites for hydroxylation is 1. The highest BCUT2D eigenvalue weighted by Crippen LogP contribution is 2.24. The molecule has 160 valence electrons. The zero-order valence-electron chi connectivity index (χ0n) is 17.3. The highest BCUT2D eigenvalue weighted by Gasteiger charge is 2.28. The lowest BCUT2D eigenvalue weighted by molar-refractivity contribution is 0.102. The summed E-state index contributed by atoms with van der Waals surface area (Å²) in [5.41, 5.74) is 3.59. The molecular formula is C24H25N3O3S. The summed E-state index contributed by atoms with van der Waals surface area (Å²) in [6.07, 6.45) is 1.74. The zero-order valence-corrected chi connectivity index (χ0v) is 18.2. The van der Waals surface area contributed by atoms with Crippen molar-refractivity contribution < 1.29 is 13.2 Å². The van der Waals surface area contributed by atoms with Crippen molar-refractivity contribution in [1.29, 1.82) is 0 Å². The predicted molar refractivity (Wildman–Crippen MR) is 123 cm³/mol. The highest BCUT2D eigenvalue weighted by atomic mass is 32.2. The minimum absolute atomic E-state index is 0.160. The summed E-state index contributed by atoms with van der Waals surface area (Å²) in [7, 11) is -3.57. The molecule has 1 saturated heterocycles. The van der Waals surface area contributed by atoms with Crippen molar-refractivity contribution in [1.82, 2.24) is 4.31 Å². The van der Waals surface area contributed by atoms with E-state index in [9.17, 15) is 13.2 Å². The van der Waals surface area contributed by atoms with E-state index in [2.05, 4.69) is 10.6 Å². The van der Waals surface area contributed by atoms with Gasteiger partial charge >= 0.3 is 0 Å². The lowest BCUT2D eigenvalue weighted by Crippen LogP contribution is -2.28. The monoisotopic (exact) mass is 435 g/mol. The van der Waals surface area contributed by atoms with Crippen LogP contribution in [-0.2, 0) is 10.0 Å². The van der Waals surface area contributed by atoms with E-state index < -0.39 is 10.0 Å². The van der Waals surface area contributed by atoms with E-state index in [1.54, 1.807) is 19.1 Å². The molecule has 1 heterocycles. The summed E-state index contributed by atoms with van der Waals surface area (Å²) in [6.45, 7) is 2.86. The number of carbonyl (C=O) groups excluding carboxylic acids is 1. The first-order valence-corrected chi connectivity index (χ1v) is 11.7. The quantitative estimate of drug-likeness (QED) is 0.584. The smallest absolute Gasteiger partial charge is 0.255 e. The summed E-state index contributed by atoms with van der Waals surface area (Å²) in [5.74, 6) is -0.334. The summed E-state index contributed by atoms with van der Waals surface area (Å²) in [5, 5.41) is 6.16. The molecule has 31 heavy (non-hydrogen) atoms. The van der Waals surface area contributed by atoms with Gasteiger partial charge < -0.3 is 10.6 Å². The fraction of sp³-hybridized carbons (Fsp3) is 0.208. The number of nitrogens with one attached hydrogen (secondary N) is 2. The molecule has 0 aromatic heterocycles. The summed E-state index contributed by atoms with van der Waals surface area (Å²) in [4.78, 5) is 13.0. The molecule has 1 aliphatic heterocycles. The number of hydrogen-bond acceptors (Lipinski definition) is 4. The number of sulfonamides is 1. The Morgan fingerprint density at radius 1 is 0.839 bits per heavy atom. The van der Waals surface area contributed by atoms with Crippen molar-refractivity contribution in [2.75, 3.05) is 23.7 Å². The molecule has 3 aromatic carbocycles. The number of nitrogens with zero attached hydrogens (tertiary/aromatic N) is 1. The summed E-state index contributed by atoms with van der Waals surface area (Å²) >= 11 is 0. The van der Waals surface area contributed by atoms with Crippen molar-refractivity contribution in [3.05, 3.63) is 83.9 Å². The lowest BCUT2D eigenvalue weighted by Gasteiger charge is -2.17. The van der Waals surface area contributed by atoms with E-state index in [0.717, 1.165) is 29.8 Å². The normalized spacial score (nSPS) is 14.4. The first-order valence-electron chi connectivity index (χ1n) is 10.3. The van der Waals surface area contributed by atoms with E-state index in [1.807, 2.05) is 54.6 Å². The van der Waals surface area contributed by atoms with Gasteiger partial charge in [0.1, 0.15) is 0 Å². The van der Waals surface area contributed by atoms with Gasteiger partial charge in [0.2, 0.25) is 10.0 Å². The van der Waals surface area contributed by atoms with Crippen LogP contribution in [0.25, 0.3) is 0 Å². The number of para-hydroxylation sites is 1. The van der Waals surface area contributed by atoms with E-state index in [1.165, 1.54) is 10.4 Å². The largest absolute Gasteiger partial charge is 0.356 e. The average molecular weight is 436 g/mol. The Morgan fingerprint density at radius 3 is 2.13 bits per heavy atom. The predicted octanol–water partition coefficient (Wildman–Crippen LogP) is 4.78. The van der Waals surface area contributed by atoms with Gasteiger partial charge in [0.15, 0.2) is 0 Å². The molecule has 0 radical (unpaired) electrons. The molecule has 1 aliphatic rings. The van der Waals surface area contributed by atoms with Crippen molar-refractivity contribution >= 4 is 33.0 Å². The van der Waals surface area contributed by atoms with Gasteiger partial charge in [0, 0.05) is 35.7 Å². The first kappa shape index (κ1) is 21.1. The Kier molecular flexibility index (Phi) is 6.06. The number of rotatable bonds is 6. The number of amides is 1. The zero-order chi connectivity index (χ0) is 21.8. The lowest BCUT2D eigenvalue weighted by atomic mass is 10.1. The Hall–Kier alpha value is -3.16. The van der Waals surface area contributed by atoms with E-state index >= 15 is 0 Å². The van der Waals surface area contributed by atoms with Crippen LogP contribution in [0.1, 0.15) is 28.8 Å². The van der Waals surface area contributed by atoms with Crippen molar-refractivity contribution in [3.63, 3.8) is 0 Å². The third kappa shape index (κ3) is 4.78. The Balaban J connectivity index is 1.49. The van der Waals surface area contributed by atoms with Crippen LogP contribution in [0.4, 0.5) is 17.1 Å². The number of benzene rings is 3. The third-order valence-corrected chi connectivity index (χ3v) is 7.26. The molecule has 1 amide bonds. The number of carbonyl (C=O) groups is 1. The first-order chi connectivity index (χ1) is 14.9. The van der Waals surface area contributed by atoms with Crippen molar-refractivity contribution in [2.24, 2.45) is 0 Å². The minimum atomic E-state index is -3.57. The van der Waals surface area contributed by atoms with E-state index in [0.29, 0.717) is 24.3 Å². The van der Waals surface area contributed by atoms with Crippen LogP contribution in [0.15, 0.2) is 77.7 Å². The molecule has 0 unspecified atom stereocenters. The number of hydrogen-bond donors (Lipinski definition) is 2. The Labute approximate surface area is 183 Å². The van der Waals surface area contributed by atoms with Gasteiger partial charge in [-0.2, -0.15) is 4.31 Å². The maximum Gasteiger partial charge on any atom is 0.255 e. The van der Waals surface area contributed by atoms with Gasteiger partial charge in [0.05, 0.1) is 4.90 Å².